The predicted octanol–water partition coefficient (Wildman–Crippen LogP) is 2.88. The first-order valence-corrected chi connectivity index (χ1v) is 6.13. The van der Waals surface area contributed by atoms with Gasteiger partial charge in [0.15, 0.2) is 0 Å². The third kappa shape index (κ3) is 2.18. The van der Waals surface area contributed by atoms with E-state index in [9.17, 15) is 0 Å². The fourth-order valence-corrected chi connectivity index (χ4v) is 2.36. The fourth-order valence-electron chi connectivity index (χ4n) is 1.81. The molecule has 0 aliphatic heterocycles. The van der Waals surface area contributed by atoms with Crippen molar-refractivity contribution in [2.75, 3.05) is 14.2 Å². The molecule has 0 bridgehead atoms. The fraction of sp³-hybridized carbons (Fsp3) is 0.500. The van der Waals surface area contributed by atoms with Gasteiger partial charge < -0.3 is 15.2 Å². The van der Waals surface area contributed by atoms with E-state index >= 15 is 0 Å². The third-order valence-corrected chi connectivity index (χ3v) is 3.76. The molecular formula is C12H16BrNO2. The van der Waals surface area contributed by atoms with E-state index < -0.39 is 0 Å². The van der Waals surface area contributed by atoms with E-state index in [2.05, 4.69) is 15.9 Å². The van der Waals surface area contributed by atoms with Crippen molar-refractivity contribution in [1.82, 2.24) is 0 Å². The average Bonchev–Trinajstić information content (AvgIpc) is 3.12. The number of hydrogen-bond acceptors (Lipinski definition) is 3. The maximum atomic E-state index is 6.17. The highest BCUT2D eigenvalue weighted by molar-refractivity contribution is 9.10. The van der Waals surface area contributed by atoms with Crippen LogP contribution in [0, 0.1) is 5.92 Å². The van der Waals surface area contributed by atoms with E-state index in [0.29, 0.717) is 5.92 Å². The minimum Gasteiger partial charge on any atom is -0.495 e. The zero-order chi connectivity index (χ0) is 11.7. The van der Waals surface area contributed by atoms with Crippen molar-refractivity contribution >= 4 is 15.9 Å². The average molecular weight is 286 g/mol. The molecule has 0 unspecified atom stereocenters. The summed E-state index contributed by atoms with van der Waals surface area (Å²) in [5.74, 6) is 2.16. The molecule has 0 saturated heterocycles. The molecule has 0 aromatic heterocycles. The van der Waals surface area contributed by atoms with Crippen molar-refractivity contribution < 1.29 is 9.47 Å². The van der Waals surface area contributed by atoms with E-state index in [1.54, 1.807) is 14.2 Å². The molecule has 16 heavy (non-hydrogen) atoms. The van der Waals surface area contributed by atoms with Crippen molar-refractivity contribution in [3.8, 4) is 11.5 Å². The molecule has 1 aromatic rings. The summed E-state index contributed by atoms with van der Waals surface area (Å²) >= 11 is 3.45. The lowest BCUT2D eigenvalue weighted by Gasteiger charge is -2.15. The quantitative estimate of drug-likeness (QED) is 0.925. The molecule has 0 spiro atoms. The molecule has 2 N–H and O–H groups in total. The van der Waals surface area contributed by atoms with Gasteiger partial charge in [-0.2, -0.15) is 0 Å². The molecular weight excluding hydrogens is 270 g/mol. The molecule has 88 valence electrons. The monoisotopic (exact) mass is 285 g/mol. The zero-order valence-corrected chi connectivity index (χ0v) is 11.1. The maximum absolute atomic E-state index is 6.17. The molecule has 0 amide bonds. The number of halogens is 1. The number of methoxy groups -OCH3 is 2. The summed E-state index contributed by atoms with van der Waals surface area (Å²) in [5.41, 5.74) is 7.25. The zero-order valence-electron chi connectivity index (χ0n) is 9.50. The smallest absolute Gasteiger partial charge is 0.137 e. The molecule has 1 aliphatic carbocycles. The van der Waals surface area contributed by atoms with Crippen LogP contribution in [0.4, 0.5) is 0 Å². The summed E-state index contributed by atoms with van der Waals surface area (Å²) in [6.45, 7) is 0. The van der Waals surface area contributed by atoms with Gasteiger partial charge in [-0.1, -0.05) is 0 Å². The van der Waals surface area contributed by atoms with Crippen LogP contribution >= 0.6 is 15.9 Å². The van der Waals surface area contributed by atoms with Crippen molar-refractivity contribution in [2.24, 2.45) is 11.7 Å². The van der Waals surface area contributed by atoms with Crippen molar-refractivity contribution in [3.63, 3.8) is 0 Å². The summed E-state index contributed by atoms with van der Waals surface area (Å²) in [4.78, 5) is 0. The first kappa shape index (κ1) is 11.7. The Hall–Kier alpha value is -0.740. The van der Waals surface area contributed by atoms with Gasteiger partial charge in [0.25, 0.3) is 0 Å². The molecule has 3 nitrogen and oxygen atoms in total. The Morgan fingerprint density at radius 2 is 1.75 bits per heavy atom. The Kier molecular flexibility index (Phi) is 3.40. The molecule has 1 aromatic carbocycles. The van der Waals surface area contributed by atoms with Gasteiger partial charge >= 0.3 is 0 Å². The SMILES string of the molecule is COc1cc([C@@H](N)C2CC2)cc(OC)c1Br. The lowest BCUT2D eigenvalue weighted by atomic mass is 10.0. The Balaban J connectivity index is 2.37. The highest BCUT2D eigenvalue weighted by Crippen LogP contribution is 2.43. The van der Waals surface area contributed by atoms with Gasteiger partial charge in [0, 0.05) is 6.04 Å². The lowest BCUT2D eigenvalue weighted by Crippen LogP contribution is -2.12. The van der Waals surface area contributed by atoms with E-state index in [4.69, 9.17) is 15.2 Å². The molecule has 1 atom stereocenters. The molecule has 1 fully saturated rings. The Bertz CT molecular complexity index is 366. The number of ether oxygens (including phenoxy) is 2. The van der Waals surface area contributed by atoms with Crippen molar-refractivity contribution in [1.29, 1.82) is 0 Å². The van der Waals surface area contributed by atoms with Gasteiger partial charge in [-0.15, -0.1) is 0 Å². The second kappa shape index (κ2) is 4.63. The van der Waals surface area contributed by atoms with E-state index in [1.807, 2.05) is 12.1 Å². The first-order valence-electron chi connectivity index (χ1n) is 5.34. The molecule has 1 saturated carbocycles. The standard InChI is InChI=1S/C12H16BrNO2/c1-15-9-5-8(12(14)7-3-4-7)6-10(16-2)11(9)13/h5-7,12H,3-4,14H2,1-2H3/t12-/m0/s1. The second-order valence-corrected chi connectivity index (χ2v) is 4.90. The van der Waals surface area contributed by atoms with Crippen LogP contribution in [0.25, 0.3) is 0 Å². The topological polar surface area (TPSA) is 44.5 Å². The van der Waals surface area contributed by atoms with Crippen molar-refractivity contribution in [3.05, 3.63) is 22.2 Å². The van der Waals surface area contributed by atoms with Crippen LogP contribution < -0.4 is 15.2 Å². The van der Waals surface area contributed by atoms with Crippen LogP contribution in [0.2, 0.25) is 0 Å². The van der Waals surface area contributed by atoms with E-state index in [1.165, 1.54) is 12.8 Å². The number of rotatable bonds is 4. The Morgan fingerprint density at radius 3 is 2.12 bits per heavy atom. The van der Waals surface area contributed by atoms with Crippen LogP contribution in [0.3, 0.4) is 0 Å². The molecule has 0 radical (unpaired) electrons. The lowest BCUT2D eigenvalue weighted by molar-refractivity contribution is 0.387. The van der Waals surface area contributed by atoms with Gasteiger partial charge in [0.05, 0.1) is 14.2 Å². The van der Waals surface area contributed by atoms with Crippen LogP contribution in [0.15, 0.2) is 16.6 Å². The van der Waals surface area contributed by atoms with Crippen LogP contribution in [-0.4, -0.2) is 14.2 Å². The predicted molar refractivity (Wildman–Crippen MR) is 66.9 cm³/mol. The summed E-state index contributed by atoms with van der Waals surface area (Å²) in [5, 5.41) is 0. The number of nitrogens with two attached hydrogens (primary N) is 1. The van der Waals surface area contributed by atoms with Crippen LogP contribution in [0.5, 0.6) is 11.5 Å². The van der Waals surface area contributed by atoms with E-state index in [-0.39, 0.29) is 6.04 Å². The number of benzene rings is 1. The van der Waals surface area contributed by atoms with Crippen molar-refractivity contribution in [2.45, 2.75) is 18.9 Å². The largest absolute Gasteiger partial charge is 0.495 e. The highest BCUT2D eigenvalue weighted by Gasteiger charge is 2.30. The minimum atomic E-state index is 0.0934. The second-order valence-electron chi connectivity index (χ2n) is 4.10. The molecule has 0 heterocycles. The summed E-state index contributed by atoms with van der Waals surface area (Å²) in [6, 6.07) is 4.06. The molecule has 1 aliphatic rings. The summed E-state index contributed by atoms with van der Waals surface area (Å²) < 4.78 is 11.4. The minimum absolute atomic E-state index is 0.0934. The normalized spacial score (nSPS) is 17.0. The molecule has 4 heteroatoms. The van der Waals surface area contributed by atoms with Gasteiger partial charge in [0.2, 0.25) is 0 Å². The summed E-state index contributed by atoms with van der Waals surface area (Å²) in [6.07, 6.45) is 2.45. The Labute approximate surface area is 104 Å². The number of hydrogen-bond donors (Lipinski definition) is 1. The molecule has 2 rings (SSSR count). The van der Waals surface area contributed by atoms with E-state index in [0.717, 1.165) is 21.5 Å². The van der Waals surface area contributed by atoms with Gasteiger partial charge in [0.1, 0.15) is 16.0 Å². The van der Waals surface area contributed by atoms with Gasteiger partial charge in [-0.25, -0.2) is 0 Å². The Morgan fingerprint density at radius 1 is 1.25 bits per heavy atom. The summed E-state index contributed by atoms with van der Waals surface area (Å²) in [7, 11) is 3.29. The third-order valence-electron chi connectivity index (χ3n) is 2.98. The maximum Gasteiger partial charge on any atom is 0.137 e. The van der Waals surface area contributed by atoms with Gasteiger partial charge in [-0.3, -0.25) is 0 Å². The van der Waals surface area contributed by atoms with Gasteiger partial charge in [-0.05, 0) is 52.4 Å². The van der Waals surface area contributed by atoms with Crippen LogP contribution in [0.1, 0.15) is 24.4 Å². The first-order chi connectivity index (χ1) is 7.67. The van der Waals surface area contributed by atoms with Crippen LogP contribution in [-0.2, 0) is 0 Å². The highest BCUT2D eigenvalue weighted by atomic mass is 79.9.